The highest BCUT2D eigenvalue weighted by Crippen LogP contribution is 2.22. The number of halogens is 1. The smallest absolute Gasteiger partial charge is 0.262 e. The summed E-state index contributed by atoms with van der Waals surface area (Å²) in [6.07, 6.45) is 0. The Labute approximate surface area is 115 Å². The summed E-state index contributed by atoms with van der Waals surface area (Å²) in [5.74, 6) is -0.578. The molecule has 102 valence electrons. The van der Waals surface area contributed by atoms with E-state index < -0.39 is 15.8 Å². The van der Waals surface area contributed by atoms with Crippen molar-refractivity contribution in [3.05, 3.63) is 46.4 Å². The van der Waals surface area contributed by atoms with Gasteiger partial charge in [-0.2, -0.15) is 11.3 Å². The molecular weight excluding hydrogens is 287 g/mol. The number of hydrogen-bond donors (Lipinski definition) is 2. The molecule has 1 heterocycles. The van der Waals surface area contributed by atoms with Gasteiger partial charge in [0, 0.05) is 11.9 Å². The summed E-state index contributed by atoms with van der Waals surface area (Å²) in [5, 5.41) is 6.30. The summed E-state index contributed by atoms with van der Waals surface area (Å²) in [5.41, 5.74) is 0.997. The van der Waals surface area contributed by atoms with E-state index in [0.29, 0.717) is 17.8 Å². The van der Waals surface area contributed by atoms with Crippen molar-refractivity contribution in [2.45, 2.75) is 11.4 Å². The highest BCUT2D eigenvalue weighted by molar-refractivity contribution is 7.92. The molecule has 0 aliphatic carbocycles. The topological polar surface area (TPSA) is 58.2 Å². The van der Waals surface area contributed by atoms with Crippen LogP contribution in [0.5, 0.6) is 0 Å². The lowest BCUT2D eigenvalue weighted by molar-refractivity contribution is 0.592. The quantitative estimate of drug-likeness (QED) is 0.891. The number of thiophene rings is 1. The van der Waals surface area contributed by atoms with E-state index in [9.17, 15) is 12.8 Å². The lowest BCUT2D eigenvalue weighted by Crippen LogP contribution is -2.17. The zero-order chi connectivity index (χ0) is 13.9. The fourth-order valence-electron chi connectivity index (χ4n) is 1.65. The van der Waals surface area contributed by atoms with Crippen LogP contribution >= 0.6 is 11.3 Å². The van der Waals surface area contributed by atoms with E-state index in [2.05, 4.69) is 10.0 Å². The van der Waals surface area contributed by atoms with E-state index in [1.54, 1.807) is 23.9 Å². The van der Waals surface area contributed by atoms with E-state index in [4.69, 9.17) is 0 Å². The molecule has 0 unspecified atom stereocenters. The minimum atomic E-state index is -3.78. The molecule has 0 saturated carbocycles. The third-order valence-corrected chi connectivity index (χ3v) is 4.61. The second-order valence-electron chi connectivity index (χ2n) is 3.90. The third kappa shape index (κ3) is 3.31. The molecule has 0 amide bonds. The molecule has 1 aromatic carbocycles. The molecular formula is C12H13FN2O2S2. The molecule has 0 fully saturated rings. The molecule has 1 aromatic heterocycles. The molecule has 0 atom stereocenters. The van der Waals surface area contributed by atoms with Crippen molar-refractivity contribution in [3.8, 4) is 0 Å². The number of sulfonamides is 1. The highest BCUT2D eigenvalue weighted by atomic mass is 32.2. The predicted octanol–water partition coefficient (Wildman–Crippen LogP) is 2.41. The van der Waals surface area contributed by atoms with Gasteiger partial charge in [-0.15, -0.1) is 0 Å². The Balaban J connectivity index is 2.41. The molecule has 0 aliphatic heterocycles. The van der Waals surface area contributed by atoms with Gasteiger partial charge in [0.2, 0.25) is 0 Å². The second-order valence-corrected chi connectivity index (χ2v) is 6.33. The normalized spacial score (nSPS) is 11.5. The highest BCUT2D eigenvalue weighted by Gasteiger charge is 2.19. The maximum atomic E-state index is 13.3. The van der Waals surface area contributed by atoms with Crippen molar-refractivity contribution in [3.63, 3.8) is 0 Å². The Kier molecular flexibility index (Phi) is 4.18. The maximum Gasteiger partial charge on any atom is 0.262 e. The SMILES string of the molecule is CNCc1ccc(F)cc1S(=O)(=O)Nc1ccsc1. The Morgan fingerprint density at radius 3 is 2.74 bits per heavy atom. The molecule has 7 heteroatoms. The first-order chi connectivity index (χ1) is 9.03. The second kappa shape index (κ2) is 5.68. The van der Waals surface area contributed by atoms with Crippen LogP contribution in [0, 0.1) is 5.82 Å². The monoisotopic (exact) mass is 300 g/mol. The van der Waals surface area contributed by atoms with Gasteiger partial charge < -0.3 is 5.32 Å². The van der Waals surface area contributed by atoms with Crippen molar-refractivity contribution in [1.29, 1.82) is 0 Å². The molecule has 0 saturated heterocycles. The maximum absolute atomic E-state index is 13.3. The van der Waals surface area contributed by atoms with Gasteiger partial charge in [0.05, 0.1) is 10.6 Å². The molecule has 2 N–H and O–H groups in total. The van der Waals surface area contributed by atoms with Crippen LogP contribution in [0.15, 0.2) is 39.9 Å². The van der Waals surface area contributed by atoms with Gasteiger partial charge in [0.1, 0.15) is 5.82 Å². The molecule has 4 nitrogen and oxygen atoms in total. The number of nitrogens with one attached hydrogen (secondary N) is 2. The van der Waals surface area contributed by atoms with E-state index >= 15 is 0 Å². The zero-order valence-electron chi connectivity index (χ0n) is 10.2. The van der Waals surface area contributed by atoms with E-state index in [-0.39, 0.29) is 4.90 Å². The first-order valence-electron chi connectivity index (χ1n) is 5.51. The number of hydrogen-bond acceptors (Lipinski definition) is 4. The average Bonchev–Trinajstić information content (AvgIpc) is 2.83. The van der Waals surface area contributed by atoms with Crippen LogP contribution in [0.1, 0.15) is 5.56 Å². The van der Waals surface area contributed by atoms with Crippen molar-refractivity contribution >= 4 is 27.0 Å². The largest absolute Gasteiger partial charge is 0.316 e. The van der Waals surface area contributed by atoms with Gasteiger partial charge in [-0.3, -0.25) is 4.72 Å². The van der Waals surface area contributed by atoms with Crippen molar-refractivity contribution in [2.75, 3.05) is 11.8 Å². The van der Waals surface area contributed by atoms with Crippen LogP contribution in [0.3, 0.4) is 0 Å². The zero-order valence-corrected chi connectivity index (χ0v) is 11.8. The summed E-state index contributed by atoms with van der Waals surface area (Å²) < 4.78 is 40.2. The third-order valence-electron chi connectivity index (χ3n) is 2.46. The summed E-state index contributed by atoms with van der Waals surface area (Å²) in [6.45, 7) is 0.347. The van der Waals surface area contributed by atoms with E-state index in [1.165, 1.54) is 23.5 Å². The van der Waals surface area contributed by atoms with Gasteiger partial charge in [0.15, 0.2) is 0 Å². The van der Waals surface area contributed by atoms with Gasteiger partial charge >= 0.3 is 0 Å². The Morgan fingerprint density at radius 1 is 1.32 bits per heavy atom. The van der Waals surface area contributed by atoms with Gasteiger partial charge in [-0.25, -0.2) is 12.8 Å². The van der Waals surface area contributed by atoms with Crippen molar-refractivity contribution in [1.82, 2.24) is 5.32 Å². The van der Waals surface area contributed by atoms with E-state index in [0.717, 1.165) is 6.07 Å². The van der Waals surface area contributed by atoms with Crippen LogP contribution in [-0.2, 0) is 16.6 Å². The summed E-state index contributed by atoms with van der Waals surface area (Å²) in [7, 11) is -2.08. The molecule has 0 spiro atoms. The predicted molar refractivity (Wildman–Crippen MR) is 74.3 cm³/mol. The molecule has 2 rings (SSSR count). The minimum absolute atomic E-state index is 0.0481. The molecule has 0 aliphatic rings. The van der Waals surface area contributed by atoms with Crippen LogP contribution in [0.2, 0.25) is 0 Å². The van der Waals surface area contributed by atoms with Crippen LogP contribution in [0.4, 0.5) is 10.1 Å². The number of benzene rings is 1. The number of rotatable bonds is 5. The Bertz CT molecular complexity index is 654. The number of anilines is 1. The average molecular weight is 300 g/mol. The summed E-state index contributed by atoms with van der Waals surface area (Å²) in [4.78, 5) is -0.0481. The molecule has 0 bridgehead atoms. The summed E-state index contributed by atoms with van der Waals surface area (Å²) in [6, 6.07) is 5.39. The van der Waals surface area contributed by atoms with Crippen LogP contribution in [0.25, 0.3) is 0 Å². The van der Waals surface area contributed by atoms with Crippen molar-refractivity contribution < 1.29 is 12.8 Å². The van der Waals surface area contributed by atoms with Crippen LogP contribution in [-0.4, -0.2) is 15.5 Å². The standard InChI is InChI=1S/C12H13FN2O2S2/c1-14-7-9-2-3-10(13)6-12(9)19(16,17)15-11-4-5-18-8-11/h2-6,8,14-15H,7H2,1H3. The summed E-state index contributed by atoms with van der Waals surface area (Å²) >= 11 is 1.38. The first kappa shape index (κ1) is 14.0. The fourth-order valence-corrected chi connectivity index (χ4v) is 3.61. The Morgan fingerprint density at radius 2 is 2.11 bits per heavy atom. The molecule has 2 aromatic rings. The Hall–Kier alpha value is -1.44. The van der Waals surface area contributed by atoms with Gasteiger partial charge in [-0.1, -0.05) is 6.07 Å². The van der Waals surface area contributed by atoms with Crippen molar-refractivity contribution in [2.24, 2.45) is 0 Å². The lowest BCUT2D eigenvalue weighted by Gasteiger charge is -2.11. The lowest BCUT2D eigenvalue weighted by atomic mass is 10.2. The van der Waals surface area contributed by atoms with Crippen LogP contribution < -0.4 is 10.0 Å². The van der Waals surface area contributed by atoms with Gasteiger partial charge in [-0.05, 0) is 36.2 Å². The molecule has 19 heavy (non-hydrogen) atoms. The molecule has 0 radical (unpaired) electrons. The van der Waals surface area contributed by atoms with Gasteiger partial charge in [0.25, 0.3) is 10.0 Å². The fraction of sp³-hybridized carbons (Fsp3) is 0.167. The minimum Gasteiger partial charge on any atom is -0.316 e. The first-order valence-corrected chi connectivity index (χ1v) is 7.93. The van der Waals surface area contributed by atoms with E-state index in [1.807, 2.05) is 0 Å².